The average Bonchev–Trinajstić information content (AvgIpc) is 2.93. The van der Waals surface area contributed by atoms with Gasteiger partial charge in [-0.2, -0.15) is 9.78 Å². The predicted molar refractivity (Wildman–Crippen MR) is 86.1 cm³/mol. The Morgan fingerprint density at radius 3 is 2.59 bits per heavy atom. The molecule has 2 aromatic rings. The Balaban J connectivity index is 2.12. The molecule has 0 radical (unpaired) electrons. The normalized spacial score (nSPS) is 10.5. The highest BCUT2D eigenvalue weighted by molar-refractivity contribution is 5.95. The minimum atomic E-state index is -0.252. The van der Waals surface area contributed by atoms with E-state index in [0.717, 1.165) is 18.2 Å². The van der Waals surface area contributed by atoms with Crippen LogP contribution in [0.2, 0.25) is 0 Å². The summed E-state index contributed by atoms with van der Waals surface area (Å²) in [4.78, 5) is 23.6. The van der Waals surface area contributed by atoms with Crippen molar-refractivity contribution in [3.05, 3.63) is 24.4 Å². The molecule has 7 heteroatoms. The molecule has 1 heterocycles. The first-order valence-corrected chi connectivity index (χ1v) is 7.46. The predicted octanol–water partition coefficient (Wildman–Crippen LogP) is 2.54. The van der Waals surface area contributed by atoms with Crippen molar-refractivity contribution in [3.63, 3.8) is 0 Å². The first-order chi connectivity index (χ1) is 10.7. The molecule has 0 atom stereocenters. The molecule has 0 aliphatic carbocycles. The first-order valence-electron chi connectivity index (χ1n) is 7.46. The summed E-state index contributed by atoms with van der Waals surface area (Å²) in [5.74, 6) is 0. The van der Waals surface area contributed by atoms with E-state index >= 15 is 0 Å². The molecule has 3 N–H and O–H groups in total. The number of anilines is 1. The Bertz CT molecular complexity index is 665. The van der Waals surface area contributed by atoms with Gasteiger partial charge in [0.15, 0.2) is 0 Å². The van der Waals surface area contributed by atoms with Crippen molar-refractivity contribution in [1.82, 2.24) is 20.4 Å². The number of rotatable bonds is 5. The van der Waals surface area contributed by atoms with Gasteiger partial charge in [0.05, 0.1) is 11.7 Å². The van der Waals surface area contributed by atoms with Crippen molar-refractivity contribution in [3.8, 4) is 0 Å². The van der Waals surface area contributed by atoms with Crippen LogP contribution in [0.25, 0.3) is 10.9 Å². The molecule has 22 heavy (non-hydrogen) atoms. The molecule has 3 amide bonds. The number of nitrogens with zero attached hydrogens (tertiary/aromatic N) is 2. The second-order valence-electron chi connectivity index (χ2n) is 4.94. The van der Waals surface area contributed by atoms with E-state index in [1.54, 1.807) is 24.4 Å². The van der Waals surface area contributed by atoms with Gasteiger partial charge in [-0.15, -0.1) is 0 Å². The lowest BCUT2D eigenvalue weighted by atomic mass is 10.2. The SMILES string of the molecule is CCCNC(=O)Nc1ccc2c(cnn2C(=O)NCCC)c1. The van der Waals surface area contributed by atoms with E-state index in [2.05, 4.69) is 21.0 Å². The Labute approximate surface area is 129 Å². The Morgan fingerprint density at radius 2 is 1.86 bits per heavy atom. The summed E-state index contributed by atoms with van der Waals surface area (Å²) in [5, 5.41) is 13.2. The summed E-state index contributed by atoms with van der Waals surface area (Å²) in [7, 11) is 0. The molecule has 0 saturated heterocycles. The standard InChI is InChI=1S/C15H21N5O2/c1-3-7-16-14(21)19-12-5-6-13-11(9-12)10-18-20(13)15(22)17-8-4-2/h5-6,9-10H,3-4,7-8H2,1-2H3,(H,17,22)(H2,16,19,21). The second-order valence-corrected chi connectivity index (χ2v) is 4.94. The van der Waals surface area contributed by atoms with E-state index in [1.807, 2.05) is 13.8 Å². The number of aromatic nitrogens is 2. The highest BCUT2D eigenvalue weighted by atomic mass is 16.2. The molecule has 1 aromatic heterocycles. The van der Waals surface area contributed by atoms with Crippen LogP contribution >= 0.6 is 0 Å². The third-order valence-corrected chi connectivity index (χ3v) is 3.08. The number of fused-ring (bicyclic) bond motifs is 1. The molecule has 0 aliphatic heterocycles. The van der Waals surface area contributed by atoms with Gasteiger partial charge >= 0.3 is 12.1 Å². The molecule has 118 valence electrons. The van der Waals surface area contributed by atoms with Crippen LogP contribution in [-0.4, -0.2) is 34.9 Å². The Hall–Kier alpha value is -2.57. The largest absolute Gasteiger partial charge is 0.342 e. The van der Waals surface area contributed by atoms with E-state index in [-0.39, 0.29) is 12.1 Å². The maximum atomic E-state index is 12.0. The van der Waals surface area contributed by atoms with Gasteiger partial charge in [0.1, 0.15) is 0 Å². The number of carbonyl (C=O) groups is 2. The number of nitrogens with one attached hydrogen (secondary N) is 3. The lowest BCUT2D eigenvalue weighted by Gasteiger charge is -2.07. The lowest BCUT2D eigenvalue weighted by Crippen LogP contribution is -2.30. The molecule has 0 saturated carbocycles. The summed E-state index contributed by atoms with van der Waals surface area (Å²) >= 11 is 0. The molecule has 7 nitrogen and oxygen atoms in total. The topological polar surface area (TPSA) is 88.1 Å². The van der Waals surface area contributed by atoms with Crippen LogP contribution in [0.15, 0.2) is 24.4 Å². The molecule has 0 spiro atoms. The van der Waals surface area contributed by atoms with Gasteiger partial charge in [-0.3, -0.25) is 0 Å². The zero-order valence-electron chi connectivity index (χ0n) is 12.8. The summed E-state index contributed by atoms with van der Waals surface area (Å²) < 4.78 is 1.33. The highest BCUT2D eigenvalue weighted by Crippen LogP contribution is 2.18. The molecular weight excluding hydrogens is 282 g/mol. The third-order valence-electron chi connectivity index (χ3n) is 3.08. The second kappa shape index (κ2) is 7.44. The van der Waals surface area contributed by atoms with Crippen molar-refractivity contribution >= 4 is 28.7 Å². The summed E-state index contributed by atoms with van der Waals surface area (Å²) in [6.45, 7) is 5.22. The Morgan fingerprint density at radius 1 is 1.14 bits per heavy atom. The van der Waals surface area contributed by atoms with Gasteiger partial charge in [-0.1, -0.05) is 13.8 Å². The van der Waals surface area contributed by atoms with Gasteiger partial charge < -0.3 is 16.0 Å². The fourth-order valence-electron chi connectivity index (χ4n) is 1.99. The minimum Gasteiger partial charge on any atom is -0.338 e. The maximum absolute atomic E-state index is 12.0. The van der Waals surface area contributed by atoms with Crippen LogP contribution in [0, 0.1) is 0 Å². The molecule has 0 fully saturated rings. The summed E-state index contributed by atoms with van der Waals surface area (Å²) in [6, 6.07) is 4.81. The van der Waals surface area contributed by atoms with E-state index in [0.29, 0.717) is 24.3 Å². The van der Waals surface area contributed by atoms with Crippen molar-refractivity contribution < 1.29 is 9.59 Å². The molecule has 0 aliphatic rings. The van der Waals surface area contributed by atoms with Gasteiger partial charge in [-0.25, -0.2) is 9.59 Å². The Kier molecular flexibility index (Phi) is 5.35. The highest BCUT2D eigenvalue weighted by Gasteiger charge is 2.10. The molecule has 1 aromatic carbocycles. The summed E-state index contributed by atoms with van der Waals surface area (Å²) in [6.07, 6.45) is 3.36. The van der Waals surface area contributed by atoms with E-state index in [4.69, 9.17) is 0 Å². The first kappa shape index (κ1) is 15.8. The lowest BCUT2D eigenvalue weighted by molar-refractivity contribution is 0.240. The monoisotopic (exact) mass is 303 g/mol. The third kappa shape index (κ3) is 3.75. The number of hydrogen-bond donors (Lipinski definition) is 3. The quantitative estimate of drug-likeness (QED) is 0.793. The van der Waals surface area contributed by atoms with Crippen LogP contribution in [0.3, 0.4) is 0 Å². The fraction of sp³-hybridized carbons (Fsp3) is 0.400. The van der Waals surface area contributed by atoms with Gasteiger partial charge in [0.25, 0.3) is 0 Å². The number of hydrogen-bond acceptors (Lipinski definition) is 3. The van der Waals surface area contributed by atoms with Crippen LogP contribution in [0.5, 0.6) is 0 Å². The molecule has 2 rings (SSSR count). The summed E-state index contributed by atoms with van der Waals surface area (Å²) in [5.41, 5.74) is 1.36. The van der Waals surface area contributed by atoms with Crippen LogP contribution in [-0.2, 0) is 0 Å². The van der Waals surface area contributed by atoms with E-state index < -0.39 is 0 Å². The fourth-order valence-corrected chi connectivity index (χ4v) is 1.99. The van der Waals surface area contributed by atoms with Gasteiger partial charge in [0.2, 0.25) is 0 Å². The zero-order valence-corrected chi connectivity index (χ0v) is 12.8. The van der Waals surface area contributed by atoms with E-state index in [9.17, 15) is 9.59 Å². The van der Waals surface area contributed by atoms with Crippen molar-refractivity contribution in [2.75, 3.05) is 18.4 Å². The molecule has 0 unspecified atom stereocenters. The van der Waals surface area contributed by atoms with Crippen molar-refractivity contribution in [2.45, 2.75) is 26.7 Å². The van der Waals surface area contributed by atoms with Crippen molar-refractivity contribution in [1.29, 1.82) is 0 Å². The van der Waals surface area contributed by atoms with Crippen LogP contribution in [0.4, 0.5) is 15.3 Å². The minimum absolute atomic E-state index is 0.241. The number of urea groups is 1. The molecule has 0 bridgehead atoms. The van der Waals surface area contributed by atoms with Crippen LogP contribution < -0.4 is 16.0 Å². The molecular formula is C15H21N5O2. The number of carbonyl (C=O) groups excluding carboxylic acids is 2. The van der Waals surface area contributed by atoms with Gasteiger partial charge in [0, 0.05) is 24.2 Å². The zero-order chi connectivity index (χ0) is 15.9. The van der Waals surface area contributed by atoms with Gasteiger partial charge in [-0.05, 0) is 31.0 Å². The smallest absolute Gasteiger partial charge is 0.338 e. The maximum Gasteiger partial charge on any atom is 0.342 e. The van der Waals surface area contributed by atoms with Crippen LogP contribution in [0.1, 0.15) is 26.7 Å². The average molecular weight is 303 g/mol. The van der Waals surface area contributed by atoms with E-state index in [1.165, 1.54) is 4.68 Å². The van der Waals surface area contributed by atoms with Crippen molar-refractivity contribution in [2.24, 2.45) is 0 Å². The number of amides is 3. The number of benzene rings is 1.